The van der Waals surface area contributed by atoms with E-state index in [2.05, 4.69) is 4.98 Å². The monoisotopic (exact) mass is 305 g/mol. The average molecular weight is 305 g/mol. The largest absolute Gasteiger partial charge is 0.416 e. The molecule has 0 bridgehead atoms. The molecule has 1 heterocycles. The van der Waals surface area contributed by atoms with E-state index < -0.39 is 23.7 Å². The van der Waals surface area contributed by atoms with Gasteiger partial charge in [-0.05, 0) is 24.6 Å². The van der Waals surface area contributed by atoms with Crippen molar-refractivity contribution >= 4 is 11.3 Å². The molecule has 1 aromatic heterocycles. The summed E-state index contributed by atoms with van der Waals surface area (Å²) in [5.74, 6) is -0.988. The molecule has 0 amide bonds. The zero-order valence-electron chi connectivity index (χ0n) is 10.4. The Hall–Kier alpha value is -1.47. The maximum Gasteiger partial charge on any atom is 0.416 e. The van der Waals surface area contributed by atoms with E-state index in [-0.39, 0.29) is 12.0 Å². The van der Waals surface area contributed by atoms with Crippen LogP contribution in [0.3, 0.4) is 0 Å². The second kappa shape index (κ2) is 5.49. The number of hydrogen-bond donors (Lipinski definition) is 1. The van der Waals surface area contributed by atoms with E-state index in [1.54, 1.807) is 12.3 Å². The van der Waals surface area contributed by atoms with Gasteiger partial charge in [0, 0.05) is 17.5 Å². The van der Waals surface area contributed by atoms with Gasteiger partial charge in [0.1, 0.15) is 5.82 Å². The summed E-state index contributed by atoms with van der Waals surface area (Å²) in [7, 11) is 0. The quantitative estimate of drug-likeness (QED) is 0.873. The molecular formula is C13H11F4NOS. The molecule has 2 rings (SSSR count). The minimum Gasteiger partial charge on any atom is -0.388 e. The average Bonchev–Trinajstić information content (AvgIpc) is 2.73. The Morgan fingerprint density at radius 2 is 2.05 bits per heavy atom. The first-order valence-corrected chi connectivity index (χ1v) is 6.61. The summed E-state index contributed by atoms with van der Waals surface area (Å²) >= 11 is 1.26. The van der Waals surface area contributed by atoms with Crippen LogP contribution in [0.25, 0.3) is 0 Å². The highest BCUT2D eigenvalue weighted by Crippen LogP contribution is 2.36. The van der Waals surface area contributed by atoms with Crippen LogP contribution in [0, 0.1) is 12.7 Å². The fourth-order valence-electron chi connectivity index (χ4n) is 1.84. The van der Waals surface area contributed by atoms with Crippen molar-refractivity contribution in [2.24, 2.45) is 0 Å². The molecule has 2 nitrogen and oxygen atoms in total. The molecule has 20 heavy (non-hydrogen) atoms. The number of halogens is 4. The van der Waals surface area contributed by atoms with Crippen LogP contribution in [0.5, 0.6) is 0 Å². The molecule has 1 unspecified atom stereocenters. The molecule has 1 aromatic carbocycles. The summed E-state index contributed by atoms with van der Waals surface area (Å²) in [5, 5.41) is 12.2. The minimum atomic E-state index is -4.71. The Balaban J connectivity index is 2.32. The predicted molar refractivity (Wildman–Crippen MR) is 66.9 cm³/mol. The van der Waals surface area contributed by atoms with Crippen LogP contribution < -0.4 is 0 Å². The molecule has 0 aliphatic heterocycles. The number of alkyl halides is 3. The number of aryl methyl sites for hydroxylation is 1. The van der Waals surface area contributed by atoms with E-state index in [4.69, 9.17) is 0 Å². The Bertz CT molecular complexity index is 609. The lowest BCUT2D eigenvalue weighted by Gasteiger charge is -2.16. The van der Waals surface area contributed by atoms with Gasteiger partial charge in [0.15, 0.2) is 0 Å². The summed E-state index contributed by atoms with van der Waals surface area (Å²) in [6.45, 7) is 1.76. The fourth-order valence-corrected chi connectivity index (χ4v) is 2.65. The Morgan fingerprint density at radius 1 is 1.35 bits per heavy atom. The first-order chi connectivity index (χ1) is 9.27. The topological polar surface area (TPSA) is 33.1 Å². The van der Waals surface area contributed by atoms with Crippen LogP contribution in [0.4, 0.5) is 17.6 Å². The molecule has 0 saturated heterocycles. The second-order valence-electron chi connectivity index (χ2n) is 4.33. The van der Waals surface area contributed by atoms with E-state index in [0.29, 0.717) is 11.1 Å². The van der Waals surface area contributed by atoms with E-state index in [0.717, 1.165) is 17.8 Å². The number of thiazole rings is 1. The molecule has 1 atom stereocenters. The number of benzene rings is 1. The SMILES string of the molecule is Cc1csc(CC(O)c2ccc(F)cc2C(F)(F)F)n1. The van der Waals surface area contributed by atoms with Gasteiger partial charge in [-0.3, -0.25) is 0 Å². The van der Waals surface area contributed by atoms with E-state index in [1.165, 1.54) is 11.3 Å². The van der Waals surface area contributed by atoms with Gasteiger partial charge in [0.05, 0.1) is 16.7 Å². The predicted octanol–water partition coefficient (Wildman–Crippen LogP) is 3.89. The highest BCUT2D eigenvalue weighted by Gasteiger charge is 2.35. The number of rotatable bonds is 3. The van der Waals surface area contributed by atoms with Gasteiger partial charge in [-0.2, -0.15) is 13.2 Å². The maximum absolute atomic E-state index is 13.0. The summed E-state index contributed by atoms with van der Waals surface area (Å²) in [4.78, 5) is 4.09. The van der Waals surface area contributed by atoms with Crippen molar-refractivity contribution in [3.05, 3.63) is 51.2 Å². The van der Waals surface area contributed by atoms with Crippen LogP contribution in [-0.4, -0.2) is 10.1 Å². The summed E-state index contributed by atoms with van der Waals surface area (Å²) in [6.07, 6.45) is -6.12. The molecule has 7 heteroatoms. The summed E-state index contributed by atoms with van der Waals surface area (Å²) in [6, 6.07) is 2.26. The van der Waals surface area contributed by atoms with Crippen molar-refractivity contribution < 1.29 is 22.7 Å². The lowest BCUT2D eigenvalue weighted by atomic mass is 10.00. The Labute approximate surface area is 116 Å². The number of nitrogens with zero attached hydrogens (tertiary/aromatic N) is 1. The molecule has 0 spiro atoms. The van der Waals surface area contributed by atoms with Crippen LogP contribution in [0.15, 0.2) is 23.6 Å². The normalized spacial score (nSPS) is 13.5. The maximum atomic E-state index is 13.0. The Morgan fingerprint density at radius 3 is 2.60 bits per heavy atom. The first kappa shape index (κ1) is 14.9. The molecule has 2 aromatic rings. The van der Waals surface area contributed by atoms with Crippen LogP contribution in [-0.2, 0) is 12.6 Å². The number of aliphatic hydroxyl groups is 1. The van der Waals surface area contributed by atoms with Gasteiger partial charge >= 0.3 is 6.18 Å². The van der Waals surface area contributed by atoms with Crippen molar-refractivity contribution in [1.82, 2.24) is 4.98 Å². The smallest absolute Gasteiger partial charge is 0.388 e. The van der Waals surface area contributed by atoms with E-state index >= 15 is 0 Å². The molecule has 0 aliphatic rings. The van der Waals surface area contributed by atoms with Gasteiger partial charge in [0.2, 0.25) is 0 Å². The summed E-state index contributed by atoms with van der Waals surface area (Å²) in [5.41, 5.74) is -0.752. The highest BCUT2D eigenvalue weighted by atomic mass is 32.1. The van der Waals surface area contributed by atoms with Crippen LogP contribution >= 0.6 is 11.3 Å². The third kappa shape index (κ3) is 3.34. The van der Waals surface area contributed by atoms with Crippen molar-refractivity contribution in [3.63, 3.8) is 0 Å². The van der Waals surface area contributed by atoms with Crippen molar-refractivity contribution in [3.8, 4) is 0 Å². The van der Waals surface area contributed by atoms with Crippen molar-refractivity contribution in [1.29, 1.82) is 0 Å². The van der Waals surface area contributed by atoms with Gasteiger partial charge in [-0.1, -0.05) is 6.07 Å². The lowest BCUT2D eigenvalue weighted by Crippen LogP contribution is -2.14. The molecular weight excluding hydrogens is 294 g/mol. The molecule has 0 saturated carbocycles. The van der Waals surface area contributed by atoms with E-state index in [9.17, 15) is 22.7 Å². The molecule has 108 valence electrons. The lowest BCUT2D eigenvalue weighted by molar-refractivity contribution is -0.139. The van der Waals surface area contributed by atoms with Gasteiger partial charge in [-0.25, -0.2) is 9.37 Å². The van der Waals surface area contributed by atoms with Crippen molar-refractivity contribution in [2.45, 2.75) is 25.6 Å². The Kier molecular flexibility index (Phi) is 4.10. The highest BCUT2D eigenvalue weighted by molar-refractivity contribution is 7.09. The third-order valence-corrected chi connectivity index (χ3v) is 3.70. The number of aromatic nitrogens is 1. The second-order valence-corrected chi connectivity index (χ2v) is 5.27. The zero-order chi connectivity index (χ0) is 14.9. The molecule has 1 N–H and O–H groups in total. The van der Waals surface area contributed by atoms with Crippen LogP contribution in [0.1, 0.15) is 27.9 Å². The van der Waals surface area contributed by atoms with Gasteiger partial charge < -0.3 is 5.11 Å². The fraction of sp³-hybridized carbons (Fsp3) is 0.308. The number of hydrogen-bond acceptors (Lipinski definition) is 3. The van der Waals surface area contributed by atoms with Crippen molar-refractivity contribution in [2.75, 3.05) is 0 Å². The first-order valence-electron chi connectivity index (χ1n) is 5.73. The van der Waals surface area contributed by atoms with Gasteiger partial charge in [-0.15, -0.1) is 11.3 Å². The molecule has 0 aliphatic carbocycles. The summed E-state index contributed by atoms with van der Waals surface area (Å²) < 4.78 is 51.5. The minimum absolute atomic E-state index is 0.0345. The molecule has 0 radical (unpaired) electrons. The zero-order valence-corrected chi connectivity index (χ0v) is 11.2. The van der Waals surface area contributed by atoms with E-state index in [1.807, 2.05) is 0 Å². The third-order valence-electron chi connectivity index (χ3n) is 2.71. The molecule has 0 fully saturated rings. The van der Waals surface area contributed by atoms with Gasteiger partial charge in [0.25, 0.3) is 0 Å². The standard InChI is InChI=1S/C13H11F4NOS/c1-7-6-20-12(18-7)5-11(19)9-3-2-8(14)4-10(9)13(15,16)17/h2-4,6,11,19H,5H2,1H3. The van der Waals surface area contributed by atoms with Crippen LogP contribution in [0.2, 0.25) is 0 Å². The number of aliphatic hydroxyl groups excluding tert-OH is 1.